The molecule has 2 aromatic rings. The van der Waals surface area contributed by atoms with Gasteiger partial charge in [-0.2, -0.15) is 5.10 Å². The number of rotatable bonds is 3. The Kier molecular flexibility index (Phi) is 2.48. The van der Waals surface area contributed by atoms with E-state index in [1.54, 1.807) is 12.4 Å². The molecule has 5 nitrogen and oxygen atoms in total. The molecule has 0 aliphatic heterocycles. The number of aromatic nitrogens is 3. The van der Waals surface area contributed by atoms with Gasteiger partial charge in [-0.3, -0.25) is 0 Å². The predicted octanol–water partition coefficient (Wildman–Crippen LogP) is 1.41. The first-order chi connectivity index (χ1) is 8.33. The van der Waals surface area contributed by atoms with Crippen molar-refractivity contribution in [2.45, 2.75) is 31.2 Å². The van der Waals surface area contributed by atoms with E-state index in [9.17, 15) is 0 Å². The molecule has 2 aromatic heterocycles. The molecule has 90 valence electrons. The topological polar surface area (TPSA) is 68.2 Å². The molecule has 0 amide bonds. The van der Waals surface area contributed by atoms with Crippen LogP contribution in [0.25, 0.3) is 5.52 Å². The van der Waals surface area contributed by atoms with Gasteiger partial charge in [0.15, 0.2) is 5.82 Å². The van der Waals surface area contributed by atoms with Crippen molar-refractivity contribution in [1.82, 2.24) is 14.6 Å². The third kappa shape index (κ3) is 1.76. The molecule has 0 spiro atoms. The van der Waals surface area contributed by atoms with Crippen molar-refractivity contribution in [3.8, 4) is 0 Å². The molecule has 17 heavy (non-hydrogen) atoms. The summed E-state index contributed by atoms with van der Waals surface area (Å²) in [5.74, 6) is 0.886. The Labute approximate surface area is 100 Å². The molecular weight excluding hydrogens is 214 g/mol. The molecule has 5 heteroatoms. The summed E-state index contributed by atoms with van der Waals surface area (Å²) in [5.41, 5.74) is 6.96. The zero-order valence-electron chi connectivity index (χ0n) is 9.76. The van der Waals surface area contributed by atoms with Crippen LogP contribution >= 0.6 is 0 Å². The lowest BCUT2D eigenvalue weighted by atomic mass is 9.98. The summed E-state index contributed by atoms with van der Waals surface area (Å²) in [4.78, 5) is 4.41. The van der Waals surface area contributed by atoms with E-state index in [4.69, 9.17) is 5.73 Å². The monoisotopic (exact) mass is 231 g/mol. The minimum Gasteiger partial charge on any atom is -0.362 e. The van der Waals surface area contributed by atoms with Gasteiger partial charge < -0.3 is 11.1 Å². The quantitative estimate of drug-likeness (QED) is 0.838. The zero-order chi connectivity index (χ0) is 11.7. The predicted molar refractivity (Wildman–Crippen MR) is 66.9 cm³/mol. The van der Waals surface area contributed by atoms with Gasteiger partial charge in [0.2, 0.25) is 0 Å². The Hall–Kier alpha value is -1.62. The van der Waals surface area contributed by atoms with Crippen LogP contribution in [-0.2, 0) is 0 Å². The van der Waals surface area contributed by atoms with Gasteiger partial charge in [0.1, 0.15) is 5.52 Å². The number of hydrogen-bond acceptors (Lipinski definition) is 4. The van der Waals surface area contributed by atoms with Gasteiger partial charge >= 0.3 is 0 Å². The zero-order valence-corrected chi connectivity index (χ0v) is 9.76. The number of fused-ring (bicyclic) bond motifs is 1. The maximum Gasteiger partial charge on any atom is 0.152 e. The SMILES string of the molecule is NCC1(Nc2nccn3nccc23)CCCC1. The second-order valence-corrected chi connectivity index (χ2v) is 4.75. The van der Waals surface area contributed by atoms with Crippen molar-refractivity contribution in [3.05, 3.63) is 24.7 Å². The van der Waals surface area contributed by atoms with E-state index in [-0.39, 0.29) is 5.54 Å². The van der Waals surface area contributed by atoms with Gasteiger partial charge in [-0.15, -0.1) is 0 Å². The minimum atomic E-state index is 0.0269. The van der Waals surface area contributed by atoms with Crippen LogP contribution in [0.1, 0.15) is 25.7 Å². The Morgan fingerprint density at radius 1 is 1.35 bits per heavy atom. The summed E-state index contributed by atoms with van der Waals surface area (Å²) >= 11 is 0. The lowest BCUT2D eigenvalue weighted by molar-refractivity contribution is 0.491. The second kappa shape index (κ2) is 4.00. The molecule has 3 N–H and O–H groups in total. The molecule has 1 aliphatic rings. The van der Waals surface area contributed by atoms with E-state index < -0.39 is 0 Å². The molecule has 1 aliphatic carbocycles. The third-order valence-corrected chi connectivity index (χ3v) is 3.66. The van der Waals surface area contributed by atoms with Crippen LogP contribution in [0.5, 0.6) is 0 Å². The molecule has 0 aromatic carbocycles. The molecular formula is C12H17N5. The fraction of sp³-hybridized carbons (Fsp3) is 0.500. The first-order valence-corrected chi connectivity index (χ1v) is 6.10. The maximum atomic E-state index is 5.92. The summed E-state index contributed by atoms with van der Waals surface area (Å²) in [6.07, 6.45) is 10.1. The summed E-state index contributed by atoms with van der Waals surface area (Å²) in [7, 11) is 0. The van der Waals surface area contributed by atoms with Crippen LogP contribution in [0.3, 0.4) is 0 Å². The third-order valence-electron chi connectivity index (χ3n) is 3.66. The first kappa shape index (κ1) is 10.5. The highest BCUT2D eigenvalue weighted by Crippen LogP contribution is 2.32. The van der Waals surface area contributed by atoms with Gasteiger partial charge in [-0.25, -0.2) is 9.50 Å². The van der Waals surface area contributed by atoms with E-state index in [0.717, 1.165) is 24.2 Å². The minimum absolute atomic E-state index is 0.0269. The fourth-order valence-electron chi connectivity index (χ4n) is 2.64. The maximum absolute atomic E-state index is 5.92. The second-order valence-electron chi connectivity index (χ2n) is 4.75. The number of nitrogens with zero attached hydrogens (tertiary/aromatic N) is 3. The van der Waals surface area contributed by atoms with Crippen LogP contribution in [-0.4, -0.2) is 26.7 Å². The smallest absolute Gasteiger partial charge is 0.152 e. The van der Waals surface area contributed by atoms with Crippen LogP contribution in [0.15, 0.2) is 24.7 Å². The van der Waals surface area contributed by atoms with Crippen LogP contribution < -0.4 is 11.1 Å². The lowest BCUT2D eigenvalue weighted by Crippen LogP contribution is -2.43. The summed E-state index contributed by atoms with van der Waals surface area (Å²) in [5, 5.41) is 7.74. The van der Waals surface area contributed by atoms with Crippen molar-refractivity contribution in [2.75, 3.05) is 11.9 Å². The van der Waals surface area contributed by atoms with Crippen LogP contribution in [0.4, 0.5) is 5.82 Å². The number of hydrogen-bond donors (Lipinski definition) is 2. The van der Waals surface area contributed by atoms with Crippen molar-refractivity contribution in [1.29, 1.82) is 0 Å². The molecule has 0 saturated heterocycles. The summed E-state index contributed by atoms with van der Waals surface area (Å²) < 4.78 is 1.83. The van der Waals surface area contributed by atoms with Crippen molar-refractivity contribution < 1.29 is 0 Å². The van der Waals surface area contributed by atoms with Gasteiger partial charge in [0.05, 0.1) is 11.7 Å². The molecule has 3 rings (SSSR count). The number of anilines is 1. The molecule has 0 radical (unpaired) electrons. The van der Waals surface area contributed by atoms with E-state index in [2.05, 4.69) is 15.4 Å². The summed E-state index contributed by atoms with van der Waals surface area (Å²) in [6.45, 7) is 0.657. The van der Waals surface area contributed by atoms with E-state index in [0.29, 0.717) is 6.54 Å². The van der Waals surface area contributed by atoms with E-state index >= 15 is 0 Å². The molecule has 2 heterocycles. The molecule has 0 bridgehead atoms. The van der Waals surface area contributed by atoms with Crippen LogP contribution in [0.2, 0.25) is 0 Å². The first-order valence-electron chi connectivity index (χ1n) is 6.10. The highest BCUT2D eigenvalue weighted by atomic mass is 15.2. The number of nitrogens with one attached hydrogen (secondary N) is 1. The fourth-order valence-corrected chi connectivity index (χ4v) is 2.64. The molecule has 0 atom stereocenters. The number of nitrogens with two attached hydrogens (primary N) is 1. The van der Waals surface area contributed by atoms with Gasteiger partial charge in [0.25, 0.3) is 0 Å². The van der Waals surface area contributed by atoms with Crippen molar-refractivity contribution in [2.24, 2.45) is 5.73 Å². The molecule has 1 saturated carbocycles. The van der Waals surface area contributed by atoms with E-state index in [1.165, 1.54) is 12.8 Å². The highest BCUT2D eigenvalue weighted by Gasteiger charge is 2.32. The molecule has 0 unspecified atom stereocenters. The van der Waals surface area contributed by atoms with Crippen LogP contribution in [0, 0.1) is 0 Å². The average Bonchev–Trinajstić information content (AvgIpc) is 2.98. The normalized spacial score (nSPS) is 18.6. The molecule has 1 fully saturated rings. The van der Waals surface area contributed by atoms with Crippen molar-refractivity contribution >= 4 is 11.3 Å². The lowest BCUT2D eigenvalue weighted by Gasteiger charge is -2.29. The van der Waals surface area contributed by atoms with Gasteiger partial charge in [-0.05, 0) is 18.9 Å². The Bertz CT molecular complexity index is 512. The van der Waals surface area contributed by atoms with Gasteiger partial charge in [-0.1, -0.05) is 12.8 Å². The van der Waals surface area contributed by atoms with Gasteiger partial charge in [0, 0.05) is 18.9 Å². The average molecular weight is 231 g/mol. The summed E-state index contributed by atoms with van der Waals surface area (Å²) in [6, 6.07) is 1.97. The van der Waals surface area contributed by atoms with Crippen molar-refractivity contribution in [3.63, 3.8) is 0 Å². The Morgan fingerprint density at radius 3 is 2.94 bits per heavy atom. The highest BCUT2D eigenvalue weighted by molar-refractivity contribution is 5.67. The Balaban J connectivity index is 1.96. The standard InChI is InChI=1S/C12H17N5/c13-9-12(4-1-2-5-12)16-11-10-3-6-15-17(10)8-7-14-11/h3,6-8H,1-2,4-5,9,13H2,(H,14,16). The Morgan fingerprint density at radius 2 is 2.18 bits per heavy atom. The largest absolute Gasteiger partial charge is 0.362 e. The van der Waals surface area contributed by atoms with E-state index in [1.807, 2.05) is 16.8 Å².